The Bertz CT molecular complexity index is 494. The molecule has 1 aliphatic rings. The summed E-state index contributed by atoms with van der Waals surface area (Å²) in [6.45, 7) is 6.73. The van der Waals surface area contributed by atoms with Gasteiger partial charge in [-0.3, -0.25) is 14.5 Å². The van der Waals surface area contributed by atoms with Gasteiger partial charge in [-0.2, -0.15) is 0 Å². The fourth-order valence-corrected chi connectivity index (χ4v) is 2.17. The summed E-state index contributed by atoms with van der Waals surface area (Å²) >= 11 is 0. The molecule has 0 unspecified atom stereocenters. The van der Waals surface area contributed by atoms with Crippen LogP contribution in [0.15, 0.2) is 18.3 Å². The Balaban J connectivity index is 2.09. The molecule has 2 heterocycles. The summed E-state index contributed by atoms with van der Waals surface area (Å²) in [6, 6.07) is 3.74. The summed E-state index contributed by atoms with van der Waals surface area (Å²) in [5, 5.41) is 3.10. The van der Waals surface area contributed by atoms with Crippen molar-refractivity contribution in [3.8, 4) is 0 Å². The number of nitrogens with one attached hydrogen (secondary N) is 1. The molecule has 0 aromatic carbocycles. The second-order valence-electron chi connectivity index (χ2n) is 5.43. The van der Waals surface area contributed by atoms with E-state index in [-0.39, 0.29) is 18.2 Å². The third-order valence-corrected chi connectivity index (χ3v) is 3.24. The van der Waals surface area contributed by atoms with Crippen LogP contribution in [0, 0.1) is 5.41 Å². The van der Waals surface area contributed by atoms with Crippen LogP contribution in [0.1, 0.15) is 32.8 Å². The van der Waals surface area contributed by atoms with Crippen molar-refractivity contribution in [1.82, 2.24) is 9.88 Å². The van der Waals surface area contributed by atoms with Crippen LogP contribution in [0.5, 0.6) is 0 Å². The number of hydrogen-bond donors (Lipinski definition) is 1. The lowest BCUT2D eigenvalue weighted by atomic mass is 9.92. The van der Waals surface area contributed by atoms with Crippen LogP contribution in [0.25, 0.3) is 0 Å². The van der Waals surface area contributed by atoms with Gasteiger partial charge in [-0.25, -0.2) is 4.98 Å². The molecule has 5 nitrogen and oxygen atoms in total. The molecule has 2 amide bonds. The van der Waals surface area contributed by atoms with Crippen molar-refractivity contribution in [2.24, 2.45) is 5.41 Å². The molecular weight excluding hydrogens is 242 g/mol. The standard InChI is InChI=1S/C14H19N3O2/c1-4-15-11-6-5-10(8-16-11)9-17-12(18)7-14(2,3)13(17)19/h5-6,8H,4,7,9H2,1-3H3,(H,15,16). The minimum Gasteiger partial charge on any atom is -0.370 e. The molecule has 5 heteroatoms. The van der Waals surface area contributed by atoms with Crippen LogP contribution in [-0.2, 0) is 16.1 Å². The Kier molecular flexibility index (Phi) is 3.55. The van der Waals surface area contributed by atoms with Gasteiger partial charge in [0.2, 0.25) is 11.8 Å². The number of anilines is 1. The van der Waals surface area contributed by atoms with Gasteiger partial charge < -0.3 is 5.32 Å². The molecule has 0 aliphatic carbocycles. The molecule has 1 aromatic rings. The molecule has 1 N–H and O–H groups in total. The van der Waals surface area contributed by atoms with E-state index < -0.39 is 5.41 Å². The smallest absolute Gasteiger partial charge is 0.235 e. The summed E-state index contributed by atoms with van der Waals surface area (Å²) < 4.78 is 0. The van der Waals surface area contributed by atoms with Gasteiger partial charge in [-0.05, 0) is 18.6 Å². The fraction of sp³-hybridized carbons (Fsp3) is 0.500. The number of carbonyl (C=O) groups is 2. The van der Waals surface area contributed by atoms with Gasteiger partial charge >= 0.3 is 0 Å². The van der Waals surface area contributed by atoms with Crippen LogP contribution in [0.2, 0.25) is 0 Å². The van der Waals surface area contributed by atoms with Crippen molar-refractivity contribution < 1.29 is 9.59 Å². The average molecular weight is 261 g/mol. The van der Waals surface area contributed by atoms with Crippen LogP contribution < -0.4 is 5.32 Å². The highest BCUT2D eigenvalue weighted by atomic mass is 16.2. The van der Waals surface area contributed by atoms with Gasteiger partial charge in [0.05, 0.1) is 12.0 Å². The van der Waals surface area contributed by atoms with Gasteiger partial charge in [0.25, 0.3) is 0 Å². The summed E-state index contributed by atoms with van der Waals surface area (Å²) in [6.07, 6.45) is 1.98. The number of rotatable bonds is 4. The predicted molar refractivity (Wildman–Crippen MR) is 72.4 cm³/mol. The van der Waals surface area contributed by atoms with E-state index in [0.717, 1.165) is 17.9 Å². The van der Waals surface area contributed by atoms with Crippen LogP contribution >= 0.6 is 0 Å². The molecule has 1 saturated heterocycles. The summed E-state index contributed by atoms with van der Waals surface area (Å²) in [4.78, 5) is 29.5. The summed E-state index contributed by atoms with van der Waals surface area (Å²) in [5.74, 6) is 0.588. The SMILES string of the molecule is CCNc1ccc(CN2C(=O)CC(C)(C)C2=O)cn1. The number of hydrogen-bond acceptors (Lipinski definition) is 4. The topological polar surface area (TPSA) is 62.3 Å². The van der Waals surface area contributed by atoms with E-state index in [1.807, 2.05) is 19.1 Å². The summed E-state index contributed by atoms with van der Waals surface area (Å²) in [5.41, 5.74) is 0.287. The largest absolute Gasteiger partial charge is 0.370 e. The van der Waals surface area contributed by atoms with Crippen molar-refractivity contribution >= 4 is 17.6 Å². The molecule has 0 atom stereocenters. The van der Waals surface area contributed by atoms with Gasteiger partial charge in [-0.1, -0.05) is 19.9 Å². The number of likely N-dealkylation sites (tertiary alicyclic amines) is 1. The van der Waals surface area contributed by atoms with Crippen molar-refractivity contribution in [2.45, 2.75) is 33.7 Å². The Morgan fingerprint density at radius 3 is 2.58 bits per heavy atom. The molecule has 1 fully saturated rings. The quantitative estimate of drug-likeness (QED) is 0.839. The maximum absolute atomic E-state index is 12.1. The third kappa shape index (κ3) is 2.75. The van der Waals surface area contributed by atoms with Crippen LogP contribution in [0.4, 0.5) is 5.82 Å². The maximum atomic E-state index is 12.1. The van der Waals surface area contributed by atoms with Crippen LogP contribution in [0.3, 0.4) is 0 Å². The molecule has 2 rings (SSSR count). The minimum absolute atomic E-state index is 0.103. The molecule has 1 aromatic heterocycles. The van der Waals surface area contributed by atoms with Gasteiger partial charge in [0.1, 0.15) is 5.82 Å². The molecule has 0 bridgehead atoms. The lowest BCUT2D eigenvalue weighted by molar-refractivity contribution is -0.141. The first kappa shape index (κ1) is 13.5. The zero-order chi connectivity index (χ0) is 14.0. The first-order valence-corrected chi connectivity index (χ1v) is 6.47. The normalized spacial score (nSPS) is 17.9. The number of imide groups is 1. The molecule has 19 heavy (non-hydrogen) atoms. The Morgan fingerprint density at radius 2 is 2.11 bits per heavy atom. The Morgan fingerprint density at radius 1 is 1.37 bits per heavy atom. The van der Waals surface area contributed by atoms with E-state index in [9.17, 15) is 9.59 Å². The van der Waals surface area contributed by atoms with Crippen LogP contribution in [-0.4, -0.2) is 28.2 Å². The van der Waals surface area contributed by atoms with E-state index in [2.05, 4.69) is 10.3 Å². The Hall–Kier alpha value is -1.91. The van der Waals surface area contributed by atoms with Crippen molar-refractivity contribution in [3.05, 3.63) is 23.9 Å². The average Bonchev–Trinajstić information content (AvgIpc) is 2.54. The highest BCUT2D eigenvalue weighted by molar-refractivity contribution is 6.05. The lowest BCUT2D eigenvalue weighted by Gasteiger charge is -2.17. The fourth-order valence-electron chi connectivity index (χ4n) is 2.17. The monoisotopic (exact) mass is 261 g/mol. The second kappa shape index (κ2) is 4.99. The molecule has 102 valence electrons. The highest BCUT2D eigenvalue weighted by Gasteiger charge is 2.44. The van der Waals surface area contributed by atoms with E-state index in [0.29, 0.717) is 6.54 Å². The summed E-state index contributed by atoms with van der Waals surface area (Å²) in [7, 11) is 0. The number of nitrogens with zero attached hydrogens (tertiary/aromatic N) is 2. The molecule has 0 spiro atoms. The third-order valence-electron chi connectivity index (χ3n) is 3.24. The van der Waals surface area contributed by atoms with Crippen molar-refractivity contribution in [1.29, 1.82) is 0 Å². The van der Waals surface area contributed by atoms with E-state index >= 15 is 0 Å². The lowest BCUT2D eigenvalue weighted by Crippen LogP contribution is -2.32. The second-order valence-corrected chi connectivity index (χ2v) is 5.43. The number of carbonyl (C=O) groups excluding carboxylic acids is 2. The Labute approximate surface area is 113 Å². The molecule has 1 aliphatic heterocycles. The number of aromatic nitrogens is 1. The minimum atomic E-state index is -0.575. The molecule has 0 saturated carbocycles. The molecule has 0 radical (unpaired) electrons. The zero-order valence-electron chi connectivity index (χ0n) is 11.6. The number of pyridine rings is 1. The predicted octanol–water partition coefficient (Wildman–Crippen LogP) is 1.80. The van der Waals surface area contributed by atoms with Crippen molar-refractivity contribution in [2.75, 3.05) is 11.9 Å². The van der Waals surface area contributed by atoms with Gasteiger partial charge in [-0.15, -0.1) is 0 Å². The van der Waals surface area contributed by atoms with Crippen molar-refractivity contribution in [3.63, 3.8) is 0 Å². The first-order chi connectivity index (χ1) is 8.94. The van der Waals surface area contributed by atoms with E-state index in [1.165, 1.54) is 4.90 Å². The maximum Gasteiger partial charge on any atom is 0.235 e. The highest BCUT2D eigenvalue weighted by Crippen LogP contribution is 2.32. The van der Waals surface area contributed by atoms with Gasteiger partial charge in [0, 0.05) is 19.2 Å². The zero-order valence-corrected chi connectivity index (χ0v) is 11.6. The molecular formula is C14H19N3O2. The van der Waals surface area contributed by atoms with E-state index in [1.54, 1.807) is 20.0 Å². The number of amides is 2. The van der Waals surface area contributed by atoms with E-state index in [4.69, 9.17) is 0 Å². The first-order valence-electron chi connectivity index (χ1n) is 6.47. The van der Waals surface area contributed by atoms with Gasteiger partial charge in [0.15, 0.2) is 0 Å².